The molecule has 9 nitrogen and oxygen atoms in total. The van der Waals surface area contributed by atoms with Gasteiger partial charge in [0.2, 0.25) is 0 Å². The van der Waals surface area contributed by atoms with E-state index in [1.807, 2.05) is 0 Å². The molecule has 0 aliphatic rings. The maximum Gasteiger partial charge on any atom is 0.339 e. The molecule has 0 atom stereocenters. The molecular formula is C16H13N5O4S. The van der Waals surface area contributed by atoms with Crippen molar-refractivity contribution in [1.29, 1.82) is 0 Å². The fourth-order valence-corrected chi connectivity index (χ4v) is 3.48. The van der Waals surface area contributed by atoms with Gasteiger partial charge in [-0.3, -0.25) is 4.68 Å². The molecule has 3 heterocycles. The highest BCUT2D eigenvalue weighted by atomic mass is 32.2. The molecule has 10 heteroatoms. The van der Waals surface area contributed by atoms with Crippen LogP contribution in [0.4, 0.5) is 0 Å². The number of hydrogen-bond donors (Lipinski definition) is 2. The molecule has 0 unspecified atom stereocenters. The lowest BCUT2D eigenvalue weighted by molar-refractivity contribution is 0.0699. The molecule has 0 spiro atoms. The van der Waals surface area contributed by atoms with E-state index in [1.54, 1.807) is 17.8 Å². The average Bonchev–Trinajstić information content (AvgIpc) is 3.14. The van der Waals surface area contributed by atoms with Crippen LogP contribution < -0.4 is 0 Å². The molecule has 0 amide bonds. The molecule has 26 heavy (non-hydrogen) atoms. The van der Waals surface area contributed by atoms with Crippen molar-refractivity contribution < 1.29 is 18.3 Å². The van der Waals surface area contributed by atoms with E-state index < -0.39 is 15.8 Å². The zero-order chi connectivity index (χ0) is 18.6. The smallest absolute Gasteiger partial charge is 0.339 e. The van der Waals surface area contributed by atoms with E-state index in [-0.39, 0.29) is 16.0 Å². The molecule has 0 aliphatic carbocycles. The van der Waals surface area contributed by atoms with Crippen LogP contribution in [0.25, 0.3) is 33.5 Å². The zero-order valence-electron chi connectivity index (χ0n) is 13.8. The molecule has 0 aliphatic heterocycles. The Bertz CT molecular complexity index is 1300. The average molecular weight is 371 g/mol. The Morgan fingerprint density at radius 2 is 2.08 bits per heavy atom. The van der Waals surface area contributed by atoms with E-state index in [9.17, 15) is 18.3 Å². The highest BCUT2D eigenvalue weighted by molar-refractivity contribution is 7.90. The second-order valence-electron chi connectivity index (χ2n) is 5.88. The van der Waals surface area contributed by atoms with Gasteiger partial charge in [-0.2, -0.15) is 5.10 Å². The number of sulfone groups is 1. The summed E-state index contributed by atoms with van der Waals surface area (Å²) in [5.74, 6) is -1.12. The van der Waals surface area contributed by atoms with Crippen LogP contribution in [-0.4, -0.2) is 50.5 Å². The van der Waals surface area contributed by atoms with Crippen LogP contribution in [0.15, 0.2) is 35.5 Å². The van der Waals surface area contributed by atoms with Crippen LogP contribution in [0.1, 0.15) is 10.4 Å². The number of nitrogens with zero attached hydrogens (tertiary/aromatic N) is 4. The summed E-state index contributed by atoms with van der Waals surface area (Å²) < 4.78 is 25.3. The summed E-state index contributed by atoms with van der Waals surface area (Å²) in [7, 11) is -1.65. The minimum atomic E-state index is -3.38. The normalized spacial score (nSPS) is 12.1. The molecule has 2 N–H and O–H groups in total. The largest absolute Gasteiger partial charge is 0.478 e. The number of rotatable bonds is 3. The summed E-state index contributed by atoms with van der Waals surface area (Å²) in [6.45, 7) is 0. The molecule has 0 fully saturated rings. The number of aromatic nitrogens is 5. The van der Waals surface area contributed by atoms with Gasteiger partial charge in [0.15, 0.2) is 15.5 Å². The Morgan fingerprint density at radius 1 is 1.31 bits per heavy atom. The van der Waals surface area contributed by atoms with Gasteiger partial charge in [0.25, 0.3) is 0 Å². The maximum atomic E-state index is 11.9. The summed E-state index contributed by atoms with van der Waals surface area (Å²) in [6.07, 6.45) is 3.93. The first kappa shape index (κ1) is 16.2. The fraction of sp³-hybridized carbons (Fsp3) is 0.125. The van der Waals surface area contributed by atoms with Gasteiger partial charge < -0.3 is 10.1 Å². The zero-order valence-corrected chi connectivity index (χ0v) is 14.6. The Labute approximate surface area is 147 Å². The van der Waals surface area contributed by atoms with E-state index in [4.69, 9.17) is 0 Å². The van der Waals surface area contributed by atoms with Gasteiger partial charge in [-0.15, -0.1) is 0 Å². The van der Waals surface area contributed by atoms with Gasteiger partial charge in [0, 0.05) is 24.9 Å². The number of fused-ring (bicyclic) bond motifs is 2. The van der Waals surface area contributed by atoms with Crippen LogP contribution in [0, 0.1) is 0 Å². The first-order chi connectivity index (χ1) is 12.3. The minimum absolute atomic E-state index is 0.00594. The third-order valence-corrected chi connectivity index (χ3v) is 5.21. The lowest BCUT2D eigenvalue weighted by Crippen LogP contribution is -1.97. The van der Waals surface area contributed by atoms with E-state index in [0.29, 0.717) is 22.4 Å². The maximum absolute atomic E-state index is 11.9. The van der Waals surface area contributed by atoms with Crippen molar-refractivity contribution in [1.82, 2.24) is 24.7 Å². The van der Waals surface area contributed by atoms with E-state index in [1.165, 1.54) is 24.5 Å². The van der Waals surface area contributed by atoms with Crippen LogP contribution in [0.5, 0.6) is 0 Å². The van der Waals surface area contributed by atoms with Gasteiger partial charge in [0.05, 0.1) is 16.6 Å². The highest BCUT2D eigenvalue weighted by Crippen LogP contribution is 2.29. The predicted octanol–water partition coefficient (Wildman–Crippen LogP) is 1.61. The Balaban J connectivity index is 2.00. The molecule has 4 rings (SSSR count). The Morgan fingerprint density at radius 3 is 2.77 bits per heavy atom. The number of carbonyl (C=O) groups is 1. The second kappa shape index (κ2) is 5.36. The van der Waals surface area contributed by atoms with Crippen molar-refractivity contribution in [2.24, 2.45) is 7.05 Å². The molecule has 0 saturated heterocycles. The minimum Gasteiger partial charge on any atom is -0.478 e. The highest BCUT2D eigenvalue weighted by Gasteiger charge is 2.18. The number of aryl methyl sites for hydroxylation is 1. The van der Waals surface area contributed by atoms with Gasteiger partial charge >= 0.3 is 5.97 Å². The first-order valence-electron chi connectivity index (χ1n) is 7.50. The lowest BCUT2D eigenvalue weighted by Gasteiger charge is -2.01. The SMILES string of the molecule is Cn1nc(-c2cnc3[nH]cc(C(=O)O)c3n2)c2cc(S(C)(=O)=O)ccc21. The molecule has 132 valence electrons. The number of hydrogen-bond acceptors (Lipinski definition) is 6. The third-order valence-electron chi connectivity index (χ3n) is 4.10. The van der Waals surface area contributed by atoms with Gasteiger partial charge in [-0.25, -0.2) is 23.2 Å². The topological polar surface area (TPSA) is 131 Å². The number of carboxylic acids is 1. The molecule has 0 saturated carbocycles. The van der Waals surface area contributed by atoms with Crippen LogP contribution in [0.3, 0.4) is 0 Å². The van der Waals surface area contributed by atoms with Crippen LogP contribution in [0.2, 0.25) is 0 Å². The third kappa shape index (κ3) is 2.42. The number of aromatic carboxylic acids is 1. The summed E-state index contributed by atoms with van der Waals surface area (Å²) in [5, 5.41) is 14.3. The Hall–Kier alpha value is -3.27. The van der Waals surface area contributed by atoms with E-state index in [0.717, 1.165) is 11.8 Å². The standard InChI is InChI=1S/C16H13N5O4S/c1-21-12-4-3-8(26(2,24)25)5-9(12)13(20-21)11-7-18-15-14(19-11)10(6-17-15)16(22)23/h3-7H,1-2H3,(H,17,18)(H,22,23). The van der Waals surface area contributed by atoms with Gasteiger partial charge in [-0.1, -0.05) is 0 Å². The molecule has 3 aromatic heterocycles. The van der Waals surface area contributed by atoms with Crippen molar-refractivity contribution in [2.75, 3.05) is 6.26 Å². The number of aromatic amines is 1. The van der Waals surface area contributed by atoms with Crippen molar-refractivity contribution in [3.8, 4) is 11.4 Å². The van der Waals surface area contributed by atoms with E-state index >= 15 is 0 Å². The Kier molecular flexibility index (Phi) is 3.34. The number of carboxylic acid groups (broad SMARTS) is 1. The van der Waals surface area contributed by atoms with Crippen LogP contribution >= 0.6 is 0 Å². The summed E-state index contributed by atoms with van der Waals surface area (Å²) in [5.41, 5.74) is 2.08. The van der Waals surface area contributed by atoms with Crippen molar-refractivity contribution >= 4 is 37.9 Å². The molecular weight excluding hydrogens is 358 g/mol. The summed E-state index contributed by atoms with van der Waals surface area (Å²) in [6, 6.07) is 4.73. The van der Waals surface area contributed by atoms with Crippen molar-refractivity contribution in [3.05, 3.63) is 36.2 Å². The van der Waals surface area contributed by atoms with Gasteiger partial charge in [0.1, 0.15) is 22.5 Å². The summed E-state index contributed by atoms with van der Waals surface area (Å²) >= 11 is 0. The van der Waals surface area contributed by atoms with Crippen molar-refractivity contribution in [3.63, 3.8) is 0 Å². The molecule has 0 bridgehead atoms. The number of benzene rings is 1. The van der Waals surface area contributed by atoms with Gasteiger partial charge in [-0.05, 0) is 18.2 Å². The molecule has 1 aromatic carbocycles. The molecule has 0 radical (unpaired) electrons. The van der Waals surface area contributed by atoms with Crippen LogP contribution in [-0.2, 0) is 16.9 Å². The number of H-pyrrole nitrogens is 1. The monoisotopic (exact) mass is 371 g/mol. The van der Waals surface area contributed by atoms with Crippen molar-refractivity contribution in [2.45, 2.75) is 4.90 Å². The fourth-order valence-electron chi connectivity index (χ4n) is 2.83. The first-order valence-corrected chi connectivity index (χ1v) is 9.39. The lowest BCUT2D eigenvalue weighted by atomic mass is 10.1. The predicted molar refractivity (Wildman–Crippen MR) is 93.7 cm³/mol. The second-order valence-corrected chi connectivity index (χ2v) is 7.90. The quantitative estimate of drug-likeness (QED) is 0.559. The summed E-state index contributed by atoms with van der Waals surface area (Å²) in [4.78, 5) is 22.8. The molecule has 4 aromatic rings. The van der Waals surface area contributed by atoms with E-state index in [2.05, 4.69) is 20.1 Å². The number of nitrogens with one attached hydrogen (secondary N) is 1.